The number of hydrogen-bond acceptors (Lipinski definition) is 10. The molecule has 3 N–H and O–H groups in total. The largest absolute Gasteiger partial charge is 0.586 e. The van der Waals surface area contributed by atoms with E-state index in [1.165, 1.54) is 13.3 Å². The fraction of sp³-hybridized carbons (Fsp3) is 0.533. The Bertz CT molecular complexity index is 1570. The fourth-order valence-corrected chi connectivity index (χ4v) is 7.08. The molecule has 1 atom stereocenters. The molecule has 5 fully saturated rings. The highest BCUT2D eigenvalue weighted by Crippen LogP contribution is 2.65. The van der Waals surface area contributed by atoms with Gasteiger partial charge in [0, 0.05) is 36.4 Å². The molecule has 2 aromatic rings. The van der Waals surface area contributed by atoms with Crippen LogP contribution in [0.1, 0.15) is 59.7 Å². The Kier molecular flexibility index (Phi) is 6.42. The van der Waals surface area contributed by atoms with Crippen molar-refractivity contribution in [2.24, 2.45) is 5.92 Å². The normalized spacial score (nSPS) is 27.5. The predicted octanol–water partition coefficient (Wildman–Crippen LogP) is 3.51. The molecule has 14 heteroatoms. The molecule has 1 unspecified atom stereocenters. The number of rotatable bonds is 9. The highest BCUT2D eigenvalue weighted by Gasteiger charge is 2.70. The zero-order valence-electron chi connectivity index (χ0n) is 24.3. The first-order valence-corrected chi connectivity index (χ1v) is 14.6. The standard InChI is InChI=1S/C30H32F2N6O6/c1-27(16-33,17-3-4-17)37-25(39)18-11-21-22(44-30(31,32)43-21)12-19(18)35-26(40)23-20(41-2)5-6-34-24(23)36-28-13-29(14-28,15-28)38-7-9-42-10-8-38/h5-6,11-12,17H,3-4,7-10,13-15H2,1-2H3,(H,34,36)(H,35,40)(H,37,39). The van der Waals surface area contributed by atoms with E-state index in [4.69, 9.17) is 9.47 Å². The molecule has 4 saturated carbocycles. The molecule has 2 amide bonds. The quantitative estimate of drug-likeness (QED) is 0.386. The van der Waals surface area contributed by atoms with Gasteiger partial charge in [-0.05, 0) is 57.1 Å². The summed E-state index contributed by atoms with van der Waals surface area (Å²) in [7, 11) is 1.42. The number of morpholine rings is 1. The lowest BCUT2D eigenvalue weighted by atomic mass is 9.43. The first-order valence-electron chi connectivity index (χ1n) is 14.6. The van der Waals surface area contributed by atoms with Gasteiger partial charge in [-0.3, -0.25) is 14.5 Å². The summed E-state index contributed by atoms with van der Waals surface area (Å²) in [4.78, 5) is 34.3. The second-order valence-corrected chi connectivity index (χ2v) is 12.5. The third-order valence-electron chi connectivity index (χ3n) is 9.46. The van der Waals surface area contributed by atoms with Crippen LogP contribution in [0.3, 0.4) is 0 Å². The second kappa shape index (κ2) is 9.90. The van der Waals surface area contributed by atoms with E-state index in [1.807, 2.05) is 0 Å². The van der Waals surface area contributed by atoms with Crippen LogP contribution in [0.5, 0.6) is 17.2 Å². The van der Waals surface area contributed by atoms with Crippen LogP contribution in [-0.4, -0.2) is 78.0 Å². The van der Waals surface area contributed by atoms with Gasteiger partial charge in [0.1, 0.15) is 22.7 Å². The van der Waals surface area contributed by atoms with Crippen LogP contribution in [-0.2, 0) is 4.74 Å². The monoisotopic (exact) mass is 610 g/mol. The molecule has 232 valence electrons. The van der Waals surface area contributed by atoms with E-state index >= 15 is 0 Å². The first-order chi connectivity index (χ1) is 21.0. The minimum absolute atomic E-state index is 0.0412. The SMILES string of the molecule is COc1ccnc(NC23CC(N4CCOCC4)(C2)C3)c1C(=O)Nc1cc2c(cc1C(=O)NC(C)(C#N)C1CC1)OC(F)(F)O2. The second-order valence-electron chi connectivity index (χ2n) is 12.5. The van der Waals surface area contributed by atoms with Crippen molar-refractivity contribution in [3.8, 4) is 23.3 Å². The Morgan fingerprint density at radius 1 is 1.14 bits per heavy atom. The van der Waals surface area contributed by atoms with Crippen molar-refractivity contribution < 1.29 is 37.3 Å². The van der Waals surface area contributed by atoms with E-state index in [1.54, 1.807) is 13.0 Å². The summed E-state index contributed by atoms with van der Waals surface area (Å²) in [6.07, 6.45) is 1.83. The summed E-state index contributed by atoms with van der Waals surface area (Å²) in [6.45, 7) is 4.84. The zero-order chi connectivity index (χ0) is 30.9. The molecular formula is C30H32F2N6O6. The number of nitrogens with zero attached hydrogens (tertiary/aromatic N) is 3. The van der Waals surface area contributed by atoms with Crippen LogP contribution >= 0.6 is 0 Å². The van der Waals surface area contributed by atoms with Crippen molar-refractivity contribution in [3.63, 3.8) is 0 Å². The highest BCUT2D eigenvalue weighted by molar-refractivity contribution is 6.13. The number of nitrogens with one attached hydrogen (secondary N) is 3. The summed E-state index contributed by atoms with van der Waals surface area (Å²) in [6, 6.07) is 5.85. The van der Waals surface area contributed by atoms with E-state index in [9.17, 15) is 23.6 Å². The van der Waals surface area contributed by atoms with Crippen LogP contribution in [0.2, 0.25) is 0 Å². The van der Waals surface area contributed by atoms with Gasteiger partial charge < -0.3 is 34.9 Å². The van der Waals surface area contributed by atoms with Gasteiger partial charge in [0.25, 0.3) is 11.8 Å². The maximum atomic E-state index is 13.9. The maximum Gasteiger partial charge on any atom is 0.586 e. The van der Waals surface area contributed by atoms with Crippen molar-refractivity contribution in [1.82, 2.24) is 15.2 Å². The zero-order valence-corrected chi connectivity index (χ0v) is 24.3. The molecule has 6 aliphatic rings. The number of pyridine rings is 1. The van der Waals surface area contributed by atoms with Crippen molar-refractivity contribution >= 4 is 23.3 Å². The number of carbonyl (C=O) groups is 2. The number of nitriles is 1. The molecular weight excluding hydrogens is 578 g/mol. The molecule has 0 spiro atoms. The van der Waals surface area contributed by atoms with Gasteiger partial charge in [-0.15, -0.1) is 8.78 Å². The Morgan fingerprint density at radius 3 is 2.45 bits per heavy atom. The molecule has 12 nitrogen and oxygen atoms in total. The van der Waals surface area contributed by atoms with E-state index in [2.05, 4.69) is 41.4 Å². The number of benzene rings is 1. The molecule has 3 heterocycles. The minimum Gasteiger partial charge on any atom is -0.496 e. The Hall–Kier alpha value is -4.22. The highest BCUT2D eigenvalue weighted by atomic mass is 19.3. The number of alkyl halides is 2. The summed E-state index contributed by atoms with van der Waals surface area (Å²) in [5, 5.41) is 18.6. The molecule has 44 heavy (non-hydrogen) atoms. The summed E-state index contributed by atoms with van der Waals surface area (Å²) in [5.74, 6) is -1.65. The third kappa shape index (κ3) is 4.75. The van der Waals surface area contributed by atoms with Crippen LogP contribution in [0.4, 0.5) is 20.3 Å². The van der Waals surface area contributed by atoms with Gasteiger partial charge in [0.05, 0.1) is 37.6 Å². The number of methoxy groups -OCH3 is 1. The van der Waals surface area contributed by atoms with Gasteiger partial charge in [0.15, 0.2) is 11.5 Å². The van der Waals surface area contributed by atoms with Gasteiger partial charge in [-0.2, -0.15) is 5.26 Å². The lowest BCUT2D eigenvalue weighted by Gasteiger charge is -2.74. The molecule has 1 aromatic carbocycles. The van der Waals surface area contributed by atoms with E-state index < -0.39 is 23.6 Å². The number of anilines is 2. The number of aromatic nitrogens is 1. The average molecular weight is 611 g/mol. The topological polar surface area (TPSA) is 147 Å². The number of amides is 2. The van der Waals surface area contributed by atoms with Crippen molar-refractivity contribution in [2.75, 3.05) is 44.0 Å². The van der Waals surface area contributed by atoms with Crippen molar-refractivity contribution in [1.29, 1.82) is 5.26 Å². The number of carbonyl (C=O) groups excluding carboxylic acids is 2. The summed E-state index contributed by atoms with van der Waals surface area (Å²) in [5.41, 5.74) is -1.46. The maximum absolute atomic E-state index is 13.9. The lowest BCUT2D eigenvalue weighted by Crippen LogP contribution is -2.82. The number of ether oxygens (including phenoxy) is 4. The molecule has 2 bridgehead atoms. The van der Waals surface area contributed by atoms with Gasteiger partial charge in [0.2, 0.25) is 0 Å². The van der Waals surface area contributed by atoms with Crippen LogP contribution in [0.25, 0.3) is 0 Å². The summed E-state index contributed by atoms with van der Waals surface area (Å²) < 4.78 is 48.1. The van der Waals surface area contributed by atoms with Gasteiger partial charge >= 0.3 is 6.29 Å². The smallest absolute Gasteiger partial charge is 0.496 e. The lowest BCUT2D eigenvalue weighted by molar-refractivity contribution is -0.286. The minimum atomic E-state index is -3.95. The van der Waals surface area contributed by atoms with E-state index in [-0.39, 0.29) is 51.1 Å². The summed E-state index contributed by atoms with van der Waals surface area (Å²) >= 11 is 0. The third-order valence-corrected chi connectivity index (χ3v) is 9.46. The molecule has 0 radical (unpaired) electrons. The number of halogens is 2. The van der Waals surface area contributed by atoms with Gasteiger partial charge in [-0.25, -0.2) is 4.98 Å². The number of hydrogen-bond donors (Lipinski definition) is 3. The number of fused-ring (bicyclic) bond motifs is 1. The Morgan fingerprint density at radius 2 is 1.82 bits per heavy atom. The van der Waals surface area contributed by atoms with Crippen molar-refractivity contribution in [2.45, 2.75) is 61.9 Å². The fourth-order valence-electron chi connectivity index (χ4n) is 7.08. The van der Waals surface area contributed by atoms with E-state index in [0.29, 0.717) is 5.82 Å². The van der Waals surface area contributed by atoms with Crippen LogP contribution in [0.15, 0.2) is 24.4 Å². The molecule has 1 aromatic heterocycles. The van der Waals surface area contributed by atoms with Crippen LogP contribution < -0.4 is 30.2 Å². The molecule has 1 saturated heterocycles. The molecule has 4 aliphatic carbocycles. The first kappa shape index (κ1) is 28.5. The predicted molar refractivity (Wildman–Crippen MR) is 151 cm³/mol. The average Bonchev–Trinajstić information content (AvgIpc) is 3.77. The Balaban J connectivity index is 1.16. The Labute approximate surface area is 252 Å². The molecule has 2 aliphatic heterocycles. The van der Waals surface area contributed by atoms with Crippen LogP contribution in [0, 0.1) is 17.2 Å². The van der Waals surface area contributed by atoms with Crippen molar-refractivity contribution in [3.05, 3.63) is 35.5 Å². The van der Waals surface area contributed by atoms with Gasteiger partial charge in [-0.1, -0.05) is 0 Å². The van der Waals surface area contributed by atoms with E-state index in [0.717, 1.165) is 70.5 Å². The molecule has 8 rings (SSSR count).